The molecule has 0 bridgehead atoms. The average Bonchev–Trinajstić information content (AvgIpc) is 2.34. The van der Waals surface area contributed by atoms with Gasteiger partial charge < -0.3 is 5.11 Å². The van der Waals surface area contributed by atoms with Crippen LogP contribution in [0, 0.1) is 5.92 Å². The Morgan fingerprint density at radius 3 is 2.92 bits per heavy atom. The molecule has 1 saturated heterocycles. The Labute approximate surface area is 82.4 Å². The summed E-state index contributed by atoms with van der Waals surface area (Å²) in [7, 11) is 0. The SMILES string of the molecule is C=C(Br)CN1CCC(C(C)O)C1. The first-order chi connectivity index (χ1) is 5.59. The van der Waals surface area contributed by atoms with Crippen molar-refractivity contribution in [2.24, 2.45) is 5.92 Å². The average molecular weight is 234 g/mol. The standard InChI is InChI=1S/C9H16BrNO/c1-7(10)5-11-4-3-9(6-11)8(2)12/h8-9,12H,1,3-6H2,2H3. The van der Waals surface area contributed by atoms with Crippen molar-refractivity contribution in [3.8, 4) is 0 Å². The summed E-state index contributed by atoms with van der Waals surface area (Å²) in [5.74, 6) is 0.455. The molecule has 1 aliphatic heterocycles. The Morgan fingerprint density at radius 2 is 2.50 bits per heavy atom. The van der Waals surface area contributed by atoms with E-state index >= 15 is 0 Å². The second-order valence-corrected chi connectivity index (χ2v) is 4.66. The molecule has 0 aromatic rings. The first-order valence-corrected chi connectivity index (χ1v) is 5.12. The zero-order valence-electron chi connectivity index (χ0n) is 7.46. The van der Waals surface area contributed by atoms with Gasteiger partial charge in [0.15, 0.2) is 0 Å². The van der Waals surface area contributed by atoms with Crippen LogP contribution in [0.25, 0.3) is 0 Å². The summed E-state index contributed by atoms with van der Waals surface area (Å²) in [6.45, 7) is 8.66. The maximum Gasteiger partial charge on any atom is 0.0552 e. The van der Waals surface area contributed by atoms with Crippen LogP contribution in [0.1, 0.15) is 13.3 Å². The van der Waals surface area contributed by atoms with Crippen LogP contribution < -0.4 is 0 Å². The van der Waals surface area contributed by atoms with E-state index < -0.39 is 0 Å². The summed E-state index contributed by atoms with van der Waals surface area (Å²) in [6, 6.07) is 0. The van der Waals surface area contributed by atoms with E-state index in [-0.39, 0.29) is 6.10 Å². The second-order valence-electron chi connectivity index (χ2n) is 3.54. The van der Waals surface area contributed by atoms with Crippen molar-refractivity contribution < 1.29 is 5.11 Å². The number of halogens is 1. The van der Waals surface area contributed by atoms with Crippen LogP contribution in [0.4, 0.5) is 0 Å². The highest BCUT2D eigenvalue weighted by Gasteiger charge is 2.25. The quantitative estimate of drug-likeness (QED) is 0.801. The maximum absolute atomic E-state index is 9.34. The fraction of sp³-hybridized carbons (Fsp3) is 0.778. The van der Waals surface area contributed by atoms with Crippen LogP contribution in [0.3, 0.4) is 0 Å². The van der Waals surface area contributed by atoms with Gasteiger partial charge in [0.1, 0.15) is 0 Å². The van der Waals surface area contributed by atoms with Crippen molar-refractivity contribution in [2.75, 3.05) is 19.6 Å². The third-order valence-corrected chi connectivity index (χ3v) is 2.64. The molecular formula is C9H16BrNO. The molecule has 1 N–H and O–H groups in total. The van der Waals surface area contributed by atoms with E-state index in [9.17, 15) is 5.11 Å². The number of nitrogens with zero attached hydrogens (tertiary/aromatic N) is 1. The third-order valence-electron chi connectivity index (χ3n) is 2.39. The Morgan fingerprint density at radius 1 is 1.83 bits per heavy atom. The molecule has 1 aliphatic rings. The van der Waals surface area contributed by atoms with Gasteiger partial charge in [0.2, 0.25) is 0 Å². The highest BCUT2D eigenvalue weighted by atomic mass is 79.9. The third kappa shape index (κ3) is 2.88. The van der Waals surface area contributed by atoms with Crippen molar-refractivity contribution in [3.05, 3.63) is 11.1 Å². The van der Waals surface area contributed by atoms with Gasteiger partial charge in [-0.1, -0.05) is 22.5 Å². The van der Waals surface area contributed by atoms with Crippen molar-refractivity contribution in [1.29, 1.82) is 0 Å². The van der Waals surface area contributed by atoms with E-state index in [1.807, 2.05) is 6.92 Å². The highest BCUT2D eigenvalue weighted by Crippen LogP contribution is 2.20. The first-order valence-electron chi connectivity index (χ1n) is 4.33. The molecule has 3 heteroatoms. The van der Waals surface area contributed by atoms with E-state index in [1.54, 1.807) is 0 Å². The summed E-state index contributed by atoms with van der Waals surface area (Å²) in [5, 5.41) is 9.34. The minimum absolute atomic E-state index is 0.168. The van der Waals surface area contributed by atoms with E-state index in [2.05, 4.69) is 27.4 Å². The lowest BCUT2D eigenvalue weighted by Gasteiger charge is -2.16. The Bertz CT molecular complexity index is 170. The largest absolute Gasteiger partial charge is 0.393 e. The number of hydrogen-bond donors (Lipinski definition) is 1. The zero-order chi connectivity index (χ0) is 9.14. The van der Waals surface area contributed by atoms with Gasteiger partial charge in [0.25, 0.3) is 0 Å². The smallest absolute Gasteiger partial charge is 0.0552 e. The lowest BCUT2D eigenvalue weighted by Crippen LogP contribution is -2.25. The molecule has 1 heterocycles. The molecule has 2 unspecified atom stereocenters. The molecule has 0 aromatic heterocycles. The van der Waals surface area contributed by atoms with Gasteiger partial charge in [0.05, 0.1) is 6.10 Å². The lowest BCUT2D eigenvalue weighted by atomic mass is 10.0. The summed E-state index contributed by atoms with van der Waals surface area (Å²) in [6.07, 6.45) is 0.941. The van der Waals surface area contributed by atoms with Crippen LogP contribution in [-0.2, 0) is 0 Å². The Kier molecular flexibility index (Phi) is 3.75. The fourth-order valence-electron chi connectivity index (χ4n) is 1.64. The van der Waals surface area contributed by atoms with Gasteiger partial charge in [-0.05, 0) is 25.8 Å². The van der Waals surface area contributed by atoms with Gasteiger partial charge in [-0.25, -0.2) is 0 Å². The molecule has 0 radical (unpaired) electrons. The normalized spacial score (nSPS) is 27.4. The molecule has 0 spiro atoms. The molecule has 70 valence electrons. The minimum Gasteiger partial charge on any atom is -0.393 e. The van der Waals surface area contributed by atoms with Gasteiger partial charge in [-0.15, -0.1) is 0 Å². The molecule has 1 rings (SSSR count). The number of likely N-dealkylation sites (tertiary alicyclic amines) is 1. The van der Waals surface area contributed by atoms with Crippen LogP contribution in [0.15, 0.2) is 11.1 Å². The topological polar surface area (TPSA) is 23.5 Å². The van der Waals surface area contributed by atoms with Crippen LogP contribution in [-0.4, -0.2) is 35.7 Å². The van der Waals surface area contributed by atoms with Crippen molar-refractivity contribution in [2.45, 2.75) is 19.4 Å². The van der Waals surface area contributed by atoms with E-state index in [0.717, 1.165) is 30.5 Å². The first kappa shape index (κ1) is 10.2. The molecule has 0 saturated carbocycles. The molecule has 2 nitrogen and oxygen atoms in total. The summed E-state index contributed by atoms with van der Waals surface area (Å²) < 4.78 is 1.02. The number of aliphatic hydroxyl groups is 1. The number of hydrogen-bond acceptors (Lipinski definition) is 2. The summed E-state index contributed by atoms with van der Waals surface area (Å²) in [5.41, 5.74) is 0. The predicted octanol–water partition coefficient (Wildman–Crippen LogP) is 1.60. The molecule has 0 amide bonds. The summed E-state index contributed by atoms with van der Waals surface area (Å²) >= 11 is 3.34. The fourth-order valence-corrected chi connectivity index (χ4v) is 2.00. The predicted molar refractivity (Wildman–Crippen MR) is 54.3 cm³/mol. The Hall–Kier alpha value is 0.140. The van der Waals surface area contributed by atoms with E-state index in [1.165, 1.54) is 0 Å². The summed E-state index contributed by atoms with van der Waals surface area (Å²) in [4.78, 5) is 2.31. The van der Waals surface area contributed by atoms with Gasteiger partial charge in [0, 0.05) is 17.6 Å². The lowest BCUT2D eigenvalue weighted by molar-refractivity contribution is 0.129. The van der Waals surface area contributed by atoms with E-state index in [0.29, 0.717) is 5.92 Å². The maximum atomic E-state index is 9.34. The van der Waals surface area contributed by atoms with Gasteiger partial charge in [-0.2, -0.15) is 0 Å². The van der Waals surface area contributed by atoms with Crippen molar-refractivity contribution in [1.82, 2.24) is 4.90 Å². The number of aliphatic hydroxyl groups excluding tert-OH is 1. The Balaban J connectivity index is 2.30. The van der Waals surface area contributed by atoms with Crippen molar-refractivity contribution >= 4 is 15.9 Å². The van der Waals surface area contributed by atoms with Gasteiger partial charge >= 0.3 is 0 Å². The second kappa shape index (κ2) is 4.40. The monoisotopic (exact) mass is 233 g/mol. The molecule has 12 heavy (non-hydrogen) atoms. The number of rotatable bonds is 3. The van der Waals surface area contributed by atoms with Crippen LogP contribution in [0.5, 0.6) is 0 Å². The molecule has 0 aromatic carbocycles. The van der Waals surface area contributed by atoms with Crippen molar-refractivity contribution in [3.63, 3.8) is 0 Å². The molecule has 2 atom stereocenters. The molecule has 1 fully saturated rings. The molecular weight excluding hydrogens is 218 g/mol. The van der Waals surface area contributed by atoms with E-state index in [4.69, 9.17) is 0 Å². The van der Waals surface area contributed by atoms with Crippen LogP contribution in [0.2, 0.25) is 0 Å². The van der Waals surface area contributed by atoms with Gasteiger partial charge in [-0.3, -0.25) is 4.90 Å². The molecule has 0 aliphatic carbocycles. The van der Waals surface area contributed by atoms with Crippen LogP contribution >= 0.6 is 15.9 Å². The minimum atomic E-state index is -0.168. The zero-order valence-corrected chi connectivity index (χ0v) is 9.05. The highest BCUT2D eigenvalue weighted by molar-refractivity contribution is 9.11.